The summed E-state index contributed by atoms with van der Waals surface area (Å²) in [4.78, 5) is 32.5. The second kappa shape index (κ2) is 6.56. The van der Waals surface area contributed by atoms with E-state index in [0.29, 0.717) is 30.4 Å². The fourth-order valence-corrected chi connectivity index (χ4v) is 2.56. The van der Waals surface area contributed by atoms with Gasteiger partial charge in [-0.05, 0) is 43.5 Å². The first-order valence-electron chi connectivity index (χ1n) is 7.38. The Morgan fingerprint density at radius 3 is 1.64 bits per heavy atom. The summed E-state index contributed by atoms with van der Waals surface area (Å²) in [5, 5.41) is 21.3. The average molecular weight is 344 g/mol. The summed E-state index contributed by atoms with van der Waals surface area (Å²) in [6, 6.07) is 5.29. The van der Waals surface area contributed by atoms with Crippen molar-refractivity contribution in [3.63, 3.8) is 0 Å². The van der Waals surface area contributed by atoms with E-state index >= 15 is 0 Å². The summed E-state index contributed by atoms with van der Waals surface area (Å²) < 4.78 is 10.1. The van der Waals surface area contributed by atoms with Gasteiger partial charge in [0.15, 0.2) is 5.78 Å². The highest BCUT2D eigenvalue weighted by Crippen LogP contribution is 2.30. The lowest BCUT2D eigenvalue weighted by atomic mass is 9.88. The molecule has 1 saturated carbocycles. The highest BCUT2D eigenvalue weighted by molar-refractivity contribution is 6.13. The molecule has 2 heterocycles. The molecule has 0 N–H and O–H groups in total. The summed E-state index contributed by atoms with van der Waals surface area (Å²) in [6.07, 6.45) is 4.70. The highest BCUT2D eigenvalue weighted by atomic mass is 16.7. The van der Waals surface area contributed by atoms with Crippen molar-refractivity contribution in [1.29, 1.82) is 0 Å². The van der Waals surface area contributed by atoms with Crippen molar-refractivity contribution in [2.45, 2.75) is 19.3 Å². The molecule has 3 rings (SSSR count). The van der Waals surface area contributed by atoms with Gasteiger partial charge in [-0.25, -0.2) is 0 Å². The van der Waals surface area contributed by atoms with Gasteiger partial charge in [0.2, 0.25) is 0 Å². The quantitative estimate of drug-likeness (QED) is 0.467. The molecule has 0 aliphatic heterocycles. The third-order valence-corrected chi connectivity index (χ3v) is 3.69. The molecule has 0 saturated heterocycles. The minimum atomic E-state index is -0.653. The third kappa shape index (κ3) is 3.55. The van der Waals surface area contributed by atoms with E-state index in [1.54, 1.807) is 0 Å². The number of allylic oxidation sites excluding steroid dienone is 2. The standard InChI is InChI=1S/C16H12N2O7/c19-16-10(8-12-4-6-14(24-12)17(20)21)2-1-3-11(16)9-13-5-7-15(25-13)18(22)23/h4-9H,1-3H2/b10-8-,11-9+. The maximum Gasteiger partial charge on any atom is 0.433 e. The molecule has 1 aliphatic rings. The van der Waals surface area contributed by atoms with Gasteiger partial charge >= 0.3 is 11.8 Å². The Labute approximate surface area is 140 Å². The predicted molar refractivity (Wildman–Crippen MR) is 85.5 cm³/mol. The normalized spacial score (nSPS) is 18.0. The summed E-state index contributed by atoms with van der Waals surface area (Å²) in [7, 11) is 0. The fourth-order valence-electron chi connectivity index (χ4n) is 2.56. The van der Waals surface area contributed by atoms with Crippen LogP contribution in [-0.4, -0.2) is 15.6 Å². The van der Waals surface area contributed by atoms with Gasteiger partial charge in [0.1, 0.15) is 21.4 Å². The zero-order valence-corrected chi connectivity index (χ0v) is 12.8. The number of ketones is 1. The molecule has 1 fully saturated rings. The number of hydrogen-bond acceptors (Lipinski definition) is 7. The van der Waals surface area contributed by atoms with Crippen LogP contribution < -0.4 is 0 Å². The molecule has 9 nitrogen and oxygen atoms in total. The molecule has 9 heteroatoms. The number of nitro groups is 2. The second-order valence-corrected chi connectivity index (χ2v) is 5.39. The number of carbonyl (C=O) groups excluding carboxylic acids is 1. The lowest BCUT2D eigenvalue weighted by Gasteiger charge is -2.15. The summed E-state index contributed by atoms with van der Waals surface area (Å²) >= 11 is 0. The average Bonchev–Trinajstić information content (AvgIpc) is 3.20. The number of Topliss-reactive ketones (excluding diaryl/α,β-unsaturated/α-hetero) is 1. The Balaban J connectivity index is 1.84. The van der Waals surface area contributed by atoms with Crippen molar-refractivity contribution in [1.82, 2.24) is 0 Å². The molecule has 0 atom stereocenters. The number of furan rings is 2. The topological polar surface area (TPSA) is 130 Å². The van der Waals surface area contributed by atoms with Crippen LogP contribution in [0.5, 0.6) is 0 Å². The van der Waals surface area contributed by atoms with E-state index in [9.17, 15) is 25.0 Å². The van der Waals surface area contributed by atoms with E-state index in [1.165, 1.54) is 36.4 Å². The number of rotatable bonds is 4. The molecule has 0 aromatic carbocycles. The lowest BCUT2D eigenvalue weighted by molar-refractivity contribution is -0.402. The highest BCUT2D eigenvalue weighted by Gasteiger charge is 2.22. The number of carbonyl (C=O) groups is 1. The molecular formula is C16H12N2O7. The molecule has 0 radical (unpaired) electrons. The molecule has 2 aromatic rings. The van der Waals surface area contributed by atoms with E-state index in [2.05, 4.69) is 0 Å². The molecule has 128 valence electrons. The molecule has 25 heavy (non-hydrogen) atoms. The minimum absolute atomic E-state index is 0.227. The van der Waals surface area contributed by atoms with E-state index in [0.717, 1.165) is 0 Å². The Bertz CT molecular complexity index is 844. The SMILES string of the molecule is O=C1/C(=C\c2ccc([N+](=O)[O-])o2)CCC/C1=C\c1ccc([N+](=O)[O-])o1. The van der Waals surface area contributed by atoms with Gasteiger partial charge in [0.25, 0.3) is 0 Å². The van der Waals surface area contributed by atoms with Gasteiger partial charge < -0.3 is 8.83 Å². The van der Waals surface area contributed by atoms with E-state index in [-0.39, 0.29) is 17.3 Å². The van der Waals surface area contributed by atoms with Gasteiger partial charge in [-0.2, -0.15) is 0 Å². The fraction of sp³-hybridized carbons (Fsp3) is 0.188. The first kappa shape index (κ1) is 16.4. The van der Waals surface area contributed by atoms with Crippen LogP contribution in [0.4, 0.5) is 11.8 Å². The van der Waals surface area contributed by atoms with Crippen molar-refractivity contribution in [2.75, 3.05) is 0 Å². The Morgan fingerprint density at radius 1 is 0.840 bits per heavy atom. The smallest absolute Gasteiger partial charge is 0.401 e. The summed E-state index contributed by atoms with van der Waals surface area (Å²) in [5.74, 6) is -0.568. The largest absolute Gasteiger partial charge is 0.433 e. The van der Waals surface area contributed by atoms with Crippen molar-refractivity contribution >= 4 is 29.7 Å². The molecule has 0 amide bonds. The van der Waals surface area contributed by atoms with Crippen LogP contribution in [0, 0.1) is 20.2 Å². The molecule has 2 aromatic heterocycles. The van der Waals surface area contributed by atoms with E-state index < -0.39 is 21.6 Å². The number of nitrogens with zero attached hydrogens (tertiary/aromatic N) is 2. The van der Waals surface area contributed by atoms with E-state index in [1.807, 2.05) is 0 Å². The molecule has 1 aliphatic carbocycles. The van der Waals surface area contributed by atoms with Crippen molar-refractivity contribution in [3.8, 4) is 0 Å². The second-order valence-electron chi connectivity index (χ2n) is 5.39. The van der Waals surface area contributed by atoms with Gasteiger partial charge in [0.05, 0.1) is 12.1 Å². The molecular weight excluding hydrogens is 332 g/mol. The van der Waals surface area contributed by atoms with Crippen LogP contribution in [-0.2, 0) is 4.79 Å². The van der Waals surface area contributed by atoms with Crippen molar-refractivity contribution < 1.29 is 23.5 Å². The molecule has 0 unspecified atom stereocenters. The van der Waals surface area contributed by atoms with Crippen LogP contribution in [0.1, 0.15) is 30.8 Å². The van der Waals surface area contributed by atoms with Gasteiger partial charge in [0, 0.05) is 11.1 Å². The van der Waals surface area contributed by atoms with Crippen LogP contribution in [0.15, 0.2) is 44.2 Å². The maximum atomic E-state index is 12.5. The van der Waals surface area contributed by atoms with Crippen molar-refractivity contribution in [2.24, 2.45) is 0 Å². The summed E-state index contributed by atoms with van der Waals surface area (Å²) in [5.41, 5.74) is 0.922. The monoisotopic (exact) mass is 344 g/mol. The first-order chi connectivity index (χ1) is 11.9. The Kier molecular flexibility index (Phi) is 4.29. The van der Waals surface area contributed by atoms with Crippen LogP contribution in [0.25, 0.3) is 12.2 Å². The van der Waals surface area contributed by atoms with Crippen LogP contribution in [0.2, 0.25) is 0 Å². The lowest BCUT2D eigenvalue weighted by Crippen LogP contribution is -2.12. The predicted octanol–water partition coefficient (Wildman–Crippen LogP) is 3.91. The van der Waals surface area contributed by atoms with Gasteiger partial charge in [-0.15, -0.1) is 0 Å². The third-order valence-electron chi connectivity index (χ3n) is 3.69. The van der Waals surface area contributed by atoms with Gasteiger partial charge in [-0.1, -0.05) is 0 Å². The molecule has 0 spiro atoms. The van der Waals surface area contributed by atoms with Gasteiger partial charge in [-0.3, -0.25) is 25.0 Å². The van der Waals surface area contributed by atoms with Crippen molar-refractivity contribution in [3.05, 3.63) is 67.2 Å². The van der Waals surface area contributed by atoms with Crippen LogP contribution in [0.3, 0.4) is 0 Å². The molecule has 0 bridgehead atoms. The Morgan fingerprint density at radius 2 is 1.28 bits per heavy atom. The zero-order chi connectivity index (χ0) is 18.0. The summed E-state index contributed by atoms with van der Waals surface area (Å²) in [6.45, 7) is 0. The van der Waals surface area contributed by atoms with E-state index in [4.69, 9.17) is 8.83 Å². The Hall–Kier alpha value is -3.49. The number of hydrogen-bond donors (Lipinski definition) is 0. The maximum absolute atomic E-state index is 12.5. The minimum Gasteiger partial charge on any atom is -0.401 e. The van der Waals surface area contributed by atoms with Crippen LogP contribution >= 0.6 is 0 Å². The zero-order valence-electron chi connectivity index (χ0n) is 12.8. The first-order valence-corrected chi connectivity index (χ1v) is 7.38.